The van der Waals surface area contributed by atoms with Crippen molar-refractivity contribution in [3.63, 3.8) is 0 Å². The van der Waals surface area contributed by atoms with Gasteiger partial charge in [0, 0.05) is 17.8 Å². The van der Waals surface area contributed by atoms with Crippen LogP contribution in [0.4, 0.5) is 11.4 Å². The minimum absolute atomic E-state index is 0.00680. The van der Waals surface area contributed by atoms with Crippen LogP contribution in [-0.4, -0.2) is 17.9 Å². The van der Waals surface area contributed by atoms with Gasteiger partial charge in [0.15, 0.2) is 11.5 Å². The van der Waals surface area contributed by atoms with E-state index in [-0.39, 0.29) is 17.9 Å². The van der Waals surface area contributed by atoms with Crippen molar-refractivity contribution in [3.05, 3.63) is 98.6 Å². The van der Waals surface area contributed by atoms with Gasteiger partial charge in [-0.3, -0.25) is 14.9 Å². The van der Waals surface area contributed by atoms with E-state index in [4.69, 9.17) is 9.47 Å². The molecule has 34 heavy (non-hydrogen) atoms. The lowest BCUT2D eigenvalue weighted by atomic mass is 10.1. The number of ether oxygens (including phenoxy) is 2. The van der Waals surface area contributed by atoms with Gasteiger partial charge in [0.05, 0.1) is 12.0 Å². The second-order valence-corrected chi connectivity index (χ2v) is 7.56. The first kappa shape index (κ1) is 24.0. The van der Waals surface area contributed by atoms with E-state index in [1.807, 2.05) is 32.0 Å². The summed E-state index contributed by atoms with van der Waals surface area (Å²) >= 11 is 0. The molecule has 8 nitrogen and oxygen atoms in total. The predicted molar refractivity (Wildman–Crippen MR) is 129 cm³/mol. The summed E-state index contributed by atoms with van der Waals surface area (Å²) in [7, 11) is 1.49. The number of methoxy groups -OCH3 is 1. The Morgan fingerprint density at radius 2 is 1.82 bits per heavy atom. The van der Waals surface area contributed by atoms with E-state index in [0.717, 1.165) is 16.7 Å². The van der Waals surface area contributed by atoms with E-state index in [9.17, 15) is 20.2 Å². The largest absolute Gasteiger partial charge is 0.493 e. The lowest BCUT2D eigenvalue weighted by molar-refractivity contribution is -0.384. The molecule has 0 radical (unpaired) electrons. The highest BCUT2D eigenvalue weighted by molar-refractivity contribution is 6.10. The average molecular weight is 457 g/mol. The molecule has 8 heteroatoms. The molecule has 3 rings (SSSR count). The third kappa shape index (κ3) is 5.99. The van der Waals surface area contributed by atoms with Gasteiger partial charge in [0.1, 0.15) is 18.2 Å². The Morgan fingerprint density at radius 3 is 2.44 bits per heavy atom. The summed E-state index contributed by atoms with van der Waals surface area (Å²) < 4.78 is 11.2. The smallest absolute Gasteiger partial charge is 0.269 e. The highest BCUT2D eigenvalue weighted by Crippen LogP contribution is 2.30. The molecule has 0 aliphatic rings. The average Bonchev–Trinajstić information content (AvgIpc) is 2.83. The molecular weight excluding hydrogens is 434 g/mol. The molecule has 0 bridgehead atoms. The molecule has 0 aliphatic heterocycles. The summed E-state index contributed by atoms with van der Waals surface area (Å²) in [4.78, 5) is 22.9. The zero-order valence-corrected chi connectivity index (χ0v) is 19.0. The zero-order chi connectivity index (χ0) is 24.7. The van der Waals surface area contributed by atoms with Gasteiger partial charge in [-0.25, -0.2) is 0 Å². The molecule has 1 amide bonds. The van der Waals surface area contributed by atoms with Crippen LogP contribution in [0.1, 0.15) is 22.3 Å². The minimum Gasteiger partial charge on any atom is -0.493 e. The second kappa shape index (κ2) is 10.8. The highest BCUT2D eigenvalue weighted by atomic mass is 16.6. The van der Waals surface area contributed by atoms with Gasteiger partial charge < -0.3 is 14.8 Å². The van der Waals surface area contributed by atoms with E-state index in [1.54, 1.807) is 36.4 Å². The van der Waals surface area contributed by atoms with E-state index >= 15 is 0 Å². The van der Waals surface area contributed by atoms with Crippen LogP contribution in [0.5, 0.6) is 11.5 Å². The van der Waals surface area contributed by atoms with Crippen molar-refractivity contribution in [2.75, 3.05) is 12.4 Å². The molecule has 3 aromatic carbocycles. The van der Waals surface area contributed by atoms with E-state index in [0.29, 0.717) is 22.7 Å². The van der Waals surface area contributed by atoms with E-state index < -0.39 is 10.8 Å². The van der Waals surface area contributed by atoms with Crippen LogP contribution in [0.15, 0.2) is 66.2 Å². The number of nitrogens with one attached hydrogen (secondary N) is 1. The van der Waals surface area contributed by atoms with Gasteiger partial charge in [-0.1, -0.05) is 23.8 Å². The molecule has 0 aromatic heterocycles. The molecule has 0 saturated carbocycles. The monoisotopic (exact) mass is 457 g/mol. The zero-order valence-electron chi connectivity index (χ0n) is 19.0. The summed E-state index contributed by atoms with van der Waals surface area (Å²) in [5, 5.41) is 23.1. The first-order valence-corrected chi connectivity index (χ1v) is 10.3. The number of hydrogen-bond acceptors (Lipinski definition) is 6. The SMILES string of the molecule is COc1cc(/C=C(\C#N)C(=O)Nc2ccc(C)cc2C)ccc1OCc1ccc([N+](=O)[O-])cc1. The molecule has 0 aliphatic carbocycles. The summed E-state index contributed by atoms with van der Waals surface area (Å²) in [6.45, 7) is 4.04. The van der Waals surface area contributed by atoms with Gasteiger partial charge in [0.2, 0.25) is 0 Å². The maximum atomic E-state index is 12.6. The van der Waals surface area contributed by atoms with Gasteiger partial charge in [-0.2, -0.15) is 5.26 Å². The Kier molecular flexibility index (Phi) is 7.62. The highest BCUT2D eigenvalue weighted by Gasteiger charge is 2.13. The first-order valence-electron chi connectivity index (χ1n) is 10.3. The number of carbonyl (C=O) groups excluding carboxylic acids is 1. The number of non-ortho nitro benzene ring substituents is 1. The number of nitro benzene ring substituents is 1. The number of amides is 1. The Bertz CT molecular complexity index is 1290. The van der Waals surface area contributed by atoms with Crippen molar-refractivity contribution in [2.24, 2.45) is 0 Å². The molecular formula is C26H23N3O5. The molecule has 172 valence electrons. The first-order chi connectivity index (χ1) is 16.3. The molecule has 0 fully saturated rings. The quantitative estimate of drug-likeness (QED) is 0.211. The molecule has 3 aromatic rings. The van der Waals surface area contributed by atoms with Crippen molar-refractivity contribution in [1.29, 1.82) is 5.26 Å². The van der Waals surface area contributed by atoms with Crippen molar-refractivity contribution >= 4 is 23.4 Å². The Balaban J connectivity index is 1.74. The summed E-state index contributed by atoms with van der Waals surface area (Å²) in [5.74, 6) is 0.367. The number of nitriles is 1. The number of benzene rings is 3. The number of anilines is 1. The number of rotatable bonds is 8. The number of carbonyl (C=O) groups is 1. The summed E-state index contributed by atoms with van der Waals surface area (Å²) in [6, 6.07) is 18.7. The van der Waals surface area contributed by atoms with Gasteiger partial charge >= 0.3 is 0 Å². The van der Waals surface area contributed by atoms with Crippen LogP contribution in [0.3, 0.4) is 0 Å². The van der Waals surface area contributed by atoms with E-state index in [1.165, 1.54) is 25.3 Å². The van der Waals surface area contributed by atoms with Gasteiger partial charge in [-0.15, -0.1) is 0 Å². The normalized spacial score (nSPS) is 10.8. The second-order valence-electron chi connectivity index (χ2n) is 7.56. The Labute approximate surface area is 197 Å². The molecule has 0 unspecified atom stereocenters. The van der Waals surface area contributed by atoms with Crippen LogP contribution >= 0.6 is 0 Å². The van der Waals surface area contributed by atoms with Crippen molar-refractivity contribution in [2.45, 2.75) is 20.5 Å². The van der Waals surface area contributed by atoms with Crippen LogP contribution in [0.2, 0.25) is 0 Å². The third-order valence-electron chi connectivity index (χ3n) is 5.04. The fraction of sp³-hybridized carbons (Fsp3) is 0.154. The van der Waals surface area contributed by atoms with Crippen molar-refractivity contribution in [1.82, 2.24) is 0 Å². The molecule has 1 N–H and O–H groups in total. The maximum absolute atomic E-state index is 12.6. The number of nitro groups is 1. The third-order valence-corrected chi connectivity index (χ3v) is 5.04. The van der Waals surface area contributed by atoms with Gasteiger partial charge in [0.25, 0.3) is 11.6 Å². The molecule has 0 atom stereocenters. The summed E-state index contributed by atoms with van der Waals surface area (Å²) in [5.41, 5.74) is 3.92. The van der Waals surface area contributed by atoms with Crippen LogP contribution in [0, 0.1) is 35.3 Å². The number of hydrogen-bond donors (Lipinski definition) is 1. The maximum Gasteiger partial charge on any atom is 0.269 e. The van der Waals surface area contributed by atoms with Crippen LogP contribution in [-0.2, 0) is 11.4 Å². The van der Waals surface area contributed by atoms with Crippen molar-refractivity contribution < 1.29 is 19.2 Å². The molecule has 0 heterocycles. The molecule has 0 spiro atoms. The lowest BCUT2D eigenvalue weighted by Crippen LogP contribution is -2.14. The minimum atomic E-state index is -0.507. The lowest BCUT2D eigenvalue weighted by Gasteiger charge is -2.12. The number of aryl methyl sites for hydroxylation is 2. The van der Waals surface area contributed by atoms with Crippen LogP contribution in [0.25, 0.3) is 6.08 Å². The van der Waals surface area contributed by atoms with Crippen molar-refractivity contribution in [3.8, 4) is 17.6 Å². The fourth-order valence-electron chi connectivity index (χ4n) is 3.23. The Morgan fingerprint density at radius 1 is 1.09 bits per heavy atom. The van der Waals surface area contributed by atoms with E-state index in [2.05, 4.69) is 5.32 Å². The standard InChI is InChI=1S/C26H23N3O5/c1-17-4-10-23(18(2)12-17)28-26(30)21(15-27)13-20-7-11-24(25(14-20)33-3)34-16-19-5-8-22(9-6-19)29(31)32/h4-14H,16H2,1-3H3,(H,28,30)/b21-13+. The predicted octanol–water partition coefficient (Wildman–Crippen LogP) is 5.34. The Hall–Kier alpha value is -4.64. The fourth-order valence-corrected chi connectivity index (χ4v) is 3.23. The summed E-state index contributed by atoms with van der Waals surface area (Å²) in [6.07, 6.45) is 1.47. The van der Waals surface area contributed by atoms with Crippen LogP contribution < -0.4 is 14.8 Å². The number of nitrogens with zero attached hydrogens (tertiary/aromatic N) is 2. The molecule has 0 saturated heterocycles. The topological polar surface area (TPSA) is 114 Å². The van der Waals surface area contributed by atoms with Gasteiger partial charge in [-0.05, 0) is 66.9 Å².